The summed E-state index contributed by atoms with van der Waals surface area (Å²) in [5.74, 6) is -1.31. The number of urea groups is 1. The van der Waals surface area contributed by atoms with Crippen LogP contribution >= 0.6 is 31.9 Å². The third-order valence-electron chi connectivity index (χ3n) is 2.41. The number of aliphatic carboxylic acids is 1. The number of hydrogen-bond donors (Lipinski definition) is 4. The Morgan fingerprint density at radius 1 is 1.30 bits per heavy atom. The van der Waals surface area contributed by atoms with E-state index in [0.717, 1.165) is 14.5 Å². The molecule has 0 aliphatic carbocycles. The minimum atomic E-state index is -1.48. The van der Waals surface area contributed by atoms with Gasteiger partial charge in [-0.15, -0.1) is 0 Å². The summed E-state index contributed by atoms with van der Waals surface area (Å²) in [4.78, 5) is 22.1. The van der Waals surface area contributed by atoms with E-state index in [0.29, 0.717) is 5.69 Å². The number of aliphatic hydroxyl groups is 1. The van der Waals surface area contributed by atoms with E-state index in [1.54, 1.807) is 0 Å². The first kappa shape index (κ1) is 16.9. The van der Waals surface area contributed by atoms with Gasteiger partial charge in [0.15, 0.2) is 6.10 Å². The molecule has 6 nitrogen and oxygen atoms in total. The summed E-state index contributed by atoms with van der Waals surface area (Å²) in [7, 11) is 0. The average molecular weight is 410 g/mol. The quantitative estimate of drug-likeness (QED) is 0.600. The smallest absolute Gasteiger partial charge is 0.332 e. The number of rotatable bonds is 5. The number of carboxylic acids is 1. The summed E-state index contributed by atoms with van der Waals surface area (Å²) in [5.41, 5.74) is 1.60. The van der Waals surface area contributed by atoms with Crippen LogP contribution in [-0.2, 0) is 4.79 Å². The minimum Gasteiger partial charge on any atom is -0.479 e. The van der Waals surface area contributed by atoms with Gasteiger partial charge in [-0.05, 0) is 56.5 Å². The van der Waals surface area contributed by atoms with Crippen LogP contribution < -0.4 is 10.6 Å². The number of carbonyl (C=O) groups is 2. The Morgan fingerprint density at radius 2 is 1.85 bits per heavy atom. The summed E-state index contributed by atoms with van der Waals surface area (Å²) >= 11 is 6.69. The van der Waals surface area contributed by atoms with Crippen molar-refractivity contribution in [1.29, 1.82) is 0 Å². The monoisotopic (exact) mass is 408 g/mol. The number of amides is 2. The highest BCUT2D eigenvalue weighted by atomic mass is 79.9. The van der Waals surface area contributed by atoms with Crippen molar-refractivity contribution in [3.63, 3.8) is 0 Å². The molecule has 1 aromatic carbocycles. The van der Waals surface area contributed by atoms with Crippen LogP contribution in [0, 0.1) is 6.92 Å². The van der Waals surface area contributed by atoms with Crippen LogP contribution in [0.1, 0.15) is 12.0 Å². The van der Waals surface area contributed by atoms with E-state index in [1.807, 2.05) is 19.1 Å². The fraction of sp³-hybridized carbons (Fsp3) is 0.333. The lowest BCUT2D eigenvalue weighted by molar-refractivity contribution is -0.146. The summed E-state index contributed by atoms with van der Waals surface area (Å²) in [6.07, 6.45) is -1.54. The largest absolute Gasteiger partial charge is 0.479 e. The second-order valence-electron chi connectivity index (χ2n) is 4.13. The van der Waals surface area contributed by atoms with Crippen molar-refractivity contribution >= 4 is 49.5 Å². The van der Waals surface area contributed by atoms with Gasteiger partial charge in [-0.3, -0.25) is 0 Å². The topological polar surface area (TPSA) is 98.7 Å². The van der Waals surface area contributed by atoms with Gasteiger partial charge in [-0.1, -0.05) is 0 Å². The van der Waals surface area contributed by atoms with Crippen molar-refractivity contribution in [3.8, 4) is 0 Å². The van der Waals surface area contributed by atoms with Crippen molar-refractivity contribution in [2.45, 2.75) is 19.4 Å². The second kappa shape index (κ2) is 7.61. The van der Waals surface area contributed by atoms with Crippen LogP contribution in [-0.4, -0.2) is 34.9 Å². The van der Waals surface area contributed by atoms with E-state index in [1.165, 1.54) is 0 Å². The van der Waals surface area contributed by atoms with Crippen LogP contribution in [0.25, 0.3) is 0 Å². The fourth-order valence-electron chi connectivity index (χ4n) is 1.42. The van der Waals surface area contributed by atoms with Crippen molar-refractivity contribution in [2.75, 3.05) is 11.9 Å². The van der Waals surface area contributed by atoms with Crippen molar-refractivity contribution in [2.24, 2.45) is 0 Å². The molecule has 0 aliphatic rings. The molecule has 0 heterocycles. The molecule has 1 rings (SSSR count). The third kappa shape index (κ3) is 5.10. The number of benzene rings is 1. The van der Waals surface area contributed by atoms with E-state index in [4.69, 9.17) is 10.2 Å². The molecule has 0 saturated heterocycles. The first-order valence-electron chi connectivity index (χ1n) is 5.72. The molecule has 4 N–H and O–H groups in total. The summed E-state index contributed by atoms with van der Waals surface area (Å²) in [6, 6.07) is 3.23. The molecular weight excluding hydrogens is 396 g/mol. The van der Waals surface area contributed by atoms with Gasteiger partial charge in [-0.2, -0.15) is 0 Å². The van der Waals surface area contributed by atoms with E-state index in [9.17, 15) is 9.59 Å². The SMILES string of the molecule is Cc1cc(Br)c(NC(=O)NCC[C@H](O)C(=O)O)c(Br)c1. The molecule has 0 fully saturated rings. The predicted octanol–water partition coefficient (Wildman–Crippen LogP) is 2.48. The summed E-state index contributed by atoms with van der Waals surface area (Å²) < 4.78 is 1.45. The van der Waals surface area contributed by atoms with E-state index < -0.39 is 18.1 Å². The molecule has 0 aliphatic heterocycles. The first-order chi connectivity index (χ1) is 9.31. The van der Waals surface area contributed by atoms with Gasteiger partial charge in [0.1, 0.15) is 0 Å². The van der Waals surface area contributed by atoms with Gasteiger partial charge in [0.05, 0.1) is 5.69 Å². The lowest BCUT2D eigenvalue weighted by Crippen LogP contribution is -2.33. The van der Waals surface area contributed by atoms with Crippen molar-refractivity contribution in [1.82, 2.24) is 5.32 Å². The van der Waals surface area contributed by atoms with Crippen LogP contribution in [0.5, 0.6) is 0 Å². The number of hydrogen-bond acceptors (Lipinski definition) is 3. The van der Waals surface area contributed by atoms with E-state index in [2.05, 4.69) is 42.5 Å². The zero-order valence-corrected chi connectivity index (χ0v) is 13.8. The minimum absolute atomic E-state index is 0.0560. The Bertz CT molecular complexity index is 499. The molecule has 0 aromatic heterocycles. The molecular formula is C12H14Br2N2O4. The second-order valence-corrected chi connectivity index (χ2v) is 5.84. The highest BCUT2D eigenvalue weighted by Crippen LogP contribution is 2.32. The van der Waals surface area contributed by atoms with E-state index >= 15 is 0 Å². The Morgan fingerprint density at radius 3 is 2.35 bits per heavy atom. The first-order valence-corrected chi connectivity index (χ1v) is 7.31. The van der Waals surface area contributed by atoms with Crippen LogP contribution in [0.2, 0.25) is 0 Å². The van der Waals surface area contributed by atoms with Crippen LogP contribution in [0.3, 0.4) is 0 Å². The zero-order valence-electron chi connectivity index (χ0n) is 10.6. The molecule has 0 saturated carbocycles. The number of aryl methyl sites for hydroxylation is 1. The summed E-state index contributed by atoms with van der Waals surface area (Å²) in [6.45, 7) is 1.98. The predicted molar refractivity (Wildman–Crippen MR) is 81.9 cm³/mol. The molecule has 0 spiro atoms. The van der Waals surface area contributed by atoms with Gasteiger partial charge in [0.2, 0.25) is 0 Å². The van der Waals surface area contributed by atoms with Crippen LogP contribution in [0.15, 0.2) is 21.1 Å². The highest BCUT2D eigenvalue weighted by molar-refractivity contribution is 9.11. The number of aliphatic hydroxyl groups excluding tert-OH is 1. The molecule has 0 unspecified atom stereocenters. The molecule has 2 amide bonds. The van der Waals surface area contributed by atoms with Gasteiger partial charge >= 0.3 is 12.0 Å². The van der Waals surface area contributed by atoms with Gasteiger partial charge in [-0.25, -0.2) is 9.59 Å². The maximum Gasteiger partial charge on any atom is 0.332 e. The van der Waals surface area contributed by atoms with Gasteiger partial charge < -0.3 is 20.8 Å². The van der Waals surface area contributed by atoms with Crippen molar-refractivity contribution in [3.05, 3.63) is 26.6 Å². The summed E-state index contributed by atoms with van der Waals surface area (Å²) in [5, 5.41) is 22.7. The molecule has 1 atom stereocenters. The Labute approximate surface area is 132 Å². The molecule has 0 bridgehead atoms. The normalized spacial score (nSPS) is 11.8. The van der Waals surface area contributed by atoms with E-state index in [-0.39, 0.29) is 13.0 Å². The number of carboxylic acid groups (broad SMARTS) is 1. The molecule has 0 radical (unpaired) electrons. The van der Waals surface area contributed by atoms with Crippen LogP contribution in [0.4, 0.5) is 10.5 Å². The Hall–Kier alpha value is -1.12. The molecule has 8 heteroatoms. The number of halogens is 2. The maximum absolute atomic E-state index is 11.7. The highest BCUT2D eigenvalue weighted by Gasteiger charge is 2.14. The molecule has 110 valence electrons. The third-order valence-corrected chi connectivity index (χ3v) is 3.66. The fourth-order valence-corrected chi connectivity index (χ4v) is 3.04. The lowest BCUT2D eigenvalue weighted by atomic mass is 10.2. The zero-order chi connectivity index (χ0) is 15.3. The standard InChI is InChI=1S/C12H14Br2N2O4/c1-6-4-7(13)10(8(14)5-6)16-12(20)15-3-2-9(17)11(18)19/h4-5,9,17H,2-3H2,1H3,(H,18,19)(H2,15,16,20)/t9-/m0/s1. The molecule has 20 heavy (non-hydrogen) atoms. The number of anilines is 1. The van der Waals surface area contributed by atoms with Crippen molar-refractivity contribution < 1.29 is 19.8 Å². The number of carbonyl (C=O) groups excluding carboxylic acids is 1. The molecule has 1 aromatic rings. The van der Waals surface area contributed by atoms with Gasteiger partial charge in [0, 0.05) is 21.9 Å². The Kier molecular flexibility index (Phi) is 6.44. The lowest BCUT2D eigenvalue weighted by Gasteiger charge is -2.12. The maximum atomic E-state index is 11.7. The number of nitrogens with one attached hydrogen (secondary N) is 2. The average Bonchev–Trinajstić information content (AvgIpc) is 2.33. The van der Waals surface area contributed by atoms with Gasteiger partial charge in [0.25, 0.3) is 0 Å². The Balaban J connectivity index is 2.53.